The summed E-state index contributed by atoms with van der Waals surface area (Å²) in [6.07, 6.45) is 0. The third-order valence-electron chi connectivity index (χ3n) is 1.49. The van der Waals surface area contributed by atoms with Crippen molar-refractivity contribution in [2.45, 2.75) is 0 Å². The zero-order valence-electron chi connectivity index (χ0n) is 7.06. The Kier molecular flexibility index (Phi) is 2.52. The average Bonchev–Trinajstić information content (AvgIpc) is 2.07. The Labute approximate surface area is 78.8 Å². The van der Waals surface area contributed by atoms with Crippen molar-refractivity contribution in [3.8, 4) is 0 Å². The van der Waals surface area contributed by atoms with Gasteiger partial charge in [-0.15, -0.1) is 0 Å². The summed E-state index contributed by atoms with van der Waals surface area (Å²) in [6.45, 7) is 0. The number of hydrogen-bond donors (Lipinski definition) is 3. The highest BCUT2D eigenvalue weighted by molar-refractivity contribution is 5.88. The van der Waals surface area contributed by atoms with Crippen LogP contribution in [-0.2, 0) is 0 Å². The molecule has 5 N–H and O–H groups in total. The predicted molar refractivity (Wildman–Crippen MR) is 50.7 cm³/mol. The summed E-state index contributed by atoms with van der Waals surface area (Å²) in [5.74, 6) is 0. The quantitative estimate of drug-likeness (QED) is 0.365. The van der Waals surface area contributed by atoms with Crippen molar-refractivity contribution >= 4 is 23.1 Å². The summed E-state index contributed by atoms with van der Waals surface area (Å²) in [5.41, 5.74) is 10.2. The van der Waals surface area contributed by atoms with Gasteiger partial charge in [0.25, 0.3) is 5.69 Å². The molecule has 0 unspecified atom stereocenters. The van der Waals surface area contributed by atoms with E-state index in [1.54, 1.807) is 0 Å². The molecule has 2 amide bonds. The van der Waals surface area contributed by atoms with Crippen LogP contribution in [-0.4, -0.2) is 11.0 Å². The third-order valence-corrected chi connectivity index (χ3v) is 1.49. The number of amides is 2. The molecular formula is C7H8N4O3. The summed E-state index contributed by atoms with van der Waals surface area (Å²) < 4.78 is 0. The van der Waals surface area contributed by atoms with Gasteiger partial charge >= 0.3 is 6.03 Å². The maximum absolute atomic E-state index is 10.4. The Morgan fingerprint density at radius 3 is 2.64 bits per heavy atom. The number of benzene rings is 1. The maximum Gasteiger partial charge on any atom is 0.316 e. The largest absolute Gasteiger partial charge is 0.393 e. The van der Waals surface area contributed by atoms with Gasteiger partial charge in [-0.05, 0) is 12.1 Å². The highest BCUT2D eigenvalue weighted by Gasteiger charge is 2.11. The van der Waals surface area contributed by atoms with Crippen molar-refractivity contribution in [2.75, 3.05) is 11.1 Å². The number of hydrogen-bond acceptors (Lipinski definition) is 4. The highest BCUT2D eigenvalue weighted by Crippen LogP contribution is 2.24. The van der Waals surface area contributed by atoms with E-state index in [2.05, 4.69) is 5.32 Å². The van der Waals surface area contributed by atoms with Crippen molar-refractivity contribution in [1.82, 2.24) is 0 Å². The monoisotopic (exact) mass is 196 g/mol. The van der Waals surface area contributed by atoms with Gasteiger partial charge < -0.3 is 16.8 Å². The fraction of sp³-hybridized carbons (Fsp3) is 0. The van der Waals surface area contributed by atoms with E-state index in [0.29, 0.717) is 0 Å². The maximum atomic E-state index is 10.4. The zero-order chi connectivity index (χ0) is 10.7. The fourth-order valence-corrected chi connectivity index (χ4v) is 0.922. The molecule has 0 atom stereocenters. The fourth-order valence-electron chi connectivity index (χ4n) is 0.922. The second-order valence-corrected chi connectivity index (χ2v) is 2.52. The van der Waals surface area contributed by atoms with Crippen LogP contribution in [0.15, 0.2) is 18.2 Å². The van der Waals surface area contributed by atoms with Gasteiger partial charge in [0.2, 0.25) is 0 Å². The molecule has 0 saturated carbocycles. The molecule has 7 nitrogen and oxygen atoms in total. The number of nitrogens with zero attached hydrogens (tertiary/aromatic N) is 1. The first-order valence-electron chi connectivity index (χ1n) is 3.61. The first kappa shape index (κ1) is 9.78. The van der Waals surface area contributed by atoms with Gasteiger partial charge in [0.15, 0.2) is 0 Å². The normalized spacial score (nSPS) is 9.43. The lowest BCUT2D eigenvalue weighted by Gasteiger charge is -2.02. The van der Waals surface area contributed by atoms with E-state index in [9.17, 15) is 14.9 Å². The number of anilines is 2. The molecule has 0 bridgehead atoms. The molecule has 14 heavy (non-hydrogen) atoms. The molecule has 0 fully saturated rings. The van der Waals surface area contributed by atoms with Crippen LogP contribution in [0, 0.1) is 10.1 Å². The number of nitro benzene ring substituents is 1. The Bertz CT molecular complexity index is 391. The van der Waals surface area contributed by atoms with Gasteiger partial charge in [-0.1, -0.05) is 0 Å². The molecule has 0 aliphatic rings. The van der Waals surface area contributed by atoms with E-state index in [1.807, 2.05) is 0 Å². The summed E-state index contributed by atoms with van der Waals surface area (Å²) >= 11 is 0. The van der Waals surface area contributed by atoms with Crippen LogP contribution in [0.4, 0.5) is 21.9 Å². The lowest BCUT2D eigenvalue weighted by atomic mass is 10.2. The number of carbonyl (C=O) groups excluding carboxylic acids is 1. The molecule has 0 saturated heterocycles. The number of urea groups is 1. The molecule has 0 aromatic heterocycles. The second kappa shape index (κ2) is 3.60. The smallest absolute Gasteiger partial charge is 0.316 e. The van der Waals surface area contributed by atoms with Crippen molar-refractivity contribution in [2.24, 2.45) is 5.73 Å². The van der Waals surface area contributed by atoms with Gasteiger partial charge in [0.1, 0.15) is 5.69 Å². The zero-order valence-corrected chi connectivity index (χ0v) is 7.06. The Hall–Kier alpha value is -2.31. The Morgan fingerprint density at radius 2 is 2.14 bits per heavy atom. The number of carbonyl (C=O) groups is 1. The van der Waals surface area contributed by atoms with Crippen LogP contribution in [0.1, 0.15) is 0 Å². The lowest BCUT2D eigenvalue weighted by Crippen LogP contribution is -2.19. The highest BCUT2D eigenvalue weighted by atomic mass is 16.6. The minimum atomic E-state index is -0.788. The molecule has 0 aliphatic heterocycles. The van der Waals surface area contributed by atoms with Gasteiger partial charge in [0.05, 0.1) is 4.92 Å². The number of nitrogen functional groups attached to an aromatic ring is 1. The molecule has 0 aliphatic carbocycles. The topological polar surface area (TPSA) is 124 Å². The van der Waals surface area contributed by atoms with Crippen molar-refractivity contribution in [3.05, 3.63) is 28.3 Å². The molecule has 74 valence electrons. The van der Waals surface area contributed by atoms with Gasteiger partial charge in [-0.2, -0.15) is 0 Å². The van der Waals surface area contributed by atoms with E-state index in [1.165, 1.54) is 12.1 Å². The van der Waals surface area contributed by atoms with Crippen LogP contribution in [0.2, 0.25) is 0 Å². The van der Waals surface area contributed by atoms with Crippen LogP contribution in [0.5, 0.6) is 0 Å². The van der Waals surface area contributed by atoms with E-state index >= 15 is 0 Å². The molecule has 0 heterocycles. The summed E-state index contributed by atoms with van der Waals surface area (Å²) in [4.78, 5) is 20.2. The standard InChI is InChI=1S/C7H8N4O3/c8-5-2-1-4(10-7(9)12)3-6(5)11(13)14/h1-3H,8H2,(H3,9,10,12). The molecule has 1 rings (SSSR count). The number of nitrogens with one attached hydrogen (secondary N) is 1. The van der Waals surface area contributed by atoms with Crippen LogP contribution in [0.25, 0.3) is 0 Å². The molecule has 0 radical (unpaired) electrons. The first-order chi connectivity index (χ1) is 6.50. The van der Waals surface area contributed by atoms with Crippen LogP contribution in [0.3, 0.4) is 0 Å². The van der Waals surface area contributed by atoms with Crippen LogP contribution < -0.4 is 16.8 Å². The van der Waals surface area contributed by atoms with E-state index in [-0.39, 0.29) is 17.1 Å². The van der Waals surface area contributed by atoms with Gasteiger partial charge in [-0.3, -0.25) is 10.1 Å². The van der Waals surface area contributed by atoms with Crippen molar-refractivity contribution in [1.29, 1.82) is 0 Å². The molecule has 1 aromatic rings. The average molecular weight is 196 g/mol. The predicted octanol–water partition coefficient (Wildman–Crippen LogP) is 0.668. The van der Waals surface area contributed by atoms with E-state index in [4.69, 9.17) is 11.5 Å². The minimum Gasteiger partial charge on any atom is -0.393 e. The van der Waals surface area contributed by atoms with E-state index in [0.717, 1.165) is 6.07 Å². The Morgan fingerprint density at radius 1 is 1.50 bits per heavy atom. The summed E-state index contributed by atoms with van der Waals surface area (Å²) in [6, 6.07) is 3.10. The molecule has 7 heteroatoms. The second-order valence-electron chi connectivity index (χ2n) is 2.52. The number of nitrogens with two attached hydrogens (primary N) is 2. The van der Waals surface area contributed by atoms with Gasteiger partial charge in [0, 0.05) is 11.8 Å². The SMILES string of the molecule is NC(=O)Nc1ccc(N)c([N+](=O)[O-])c1. The summed E-state index contributed by atoms with van der Waals surface area (Å²) in [7, 11) is 0. The minimum absolute atomic E-state index is 0.0324. The van der Waals surface area contributed by atoms with Crippen molar-refractivity contribution < 1.29 is 9.72 Å². The third kappa shape index (κ3) is 2.09. The lowest BCUT2D eigenvalue weighted by molar-refractivity contribution is -0.383. The Balaban J connectivity index is 3.06. The number of rotatable bonds is 2. The van der Waals surface area contributed by atoms with Crippen LogP contribution >= 0.6 is 0 Å². The molecule has 0 spiro atoms. The molecular weight excluding hydrogens is 188 g/mol. The number of nitro groups is 1. The van der Waals surface area contributed by atoms with Crippen molar-refractivity contribution in [3.63, 3.8) is 0 Å². The van der Waals surface area contributed by atoms with Gasteiger partial charge in [-0.25, -0.2) is 4.79 Å². The number of primary amides is 1. The molecule has 1 aromatic carbocycles. The van der Waals surface area contributed by atoms with E-state index < -0.39 is 11.0 Å². The summed E-state index contributed by atoms with van der Waals surface area (Å²) in [5, 5.41) is 12.6. The first-order valence-corrected chi connectivity index (χ1v) is 3.61.